The van der Waals surface area contributed by atoms with Gasteiger partial charge in [0.1, 0.15) is 0 Å². The number of fused-ring (bicyclic) bond motifs is 1. The van der Waals surface area contributed by atoms with E-state index in [-0.39, 0.29) is 0 Å². The van der Waals surface area contributed by atoms with Crippen LogP contribution in [-0.2, 0) is 6.42 Å². The van der Waals surface area contributed by atoms with Crippen molar-refractivity contribution in [2.75, 3.05) is 18.3 Å². The molecule has 0 aliphatic rings. The van der Waals surface area contributed by atoms with Crippen molar-refractivity contribution >= 4 is 28.4 Å². The predicted molar refractivity (Wildman–Crippen MR) is 78.4 cm³/mol. The summed E-state index contributed by atoms with van der Waals surface area (Å²) in [7, 11) is 2.03. The van der Waals surface area contributed by atoms with E-state index in [2.05, 4.69) is 48.2 Å². The molecule has 2 rings (SSSR count). The third kappa shape index (κ3) is 2.73. The minimum absolute atomic E-state index is 1.09. The van der Waals surface area contributed by atoms with Gasteiger partial charge in [0.25, 0.3) is 0 Å². The molecule has 0 saturated heterocycles. The first-order valence-electron chi connectivity index (χ1n) is 5.79. The van der Waals surface area contributed by atoms with Gasteiger partial charge in [0.2, 0.25) is 0 Å². The highest BCUT2D eigenvalue weighted by atomic mass is 32.2. The van der Waals surface area contributed by atoms with Gasteiger partial charge in [-0.3, -0.25) is 0 Å². The second-order valence-electron chi connectivity index (χ2n) is 4.07. The molecule has 0 radical (unpaired) electrons. The van der Waals surface area contributed by atoms with Gasteiger partial charge in [-0.15, -0.1) is 0 Å². The van der Waals surface area contributed by atoms with Crippen LogP contribution in [0, 0.1) is 0 Å². The molecule has 0 spiro atoms. The quantitative estimate of drug-likeness (QED) is 0.655. The molecule has 0 bridgehead atoms. The summed E-state index contributed by atoms with van der Waals surface area (Å²) < 4.78 is 0. The number of hydrogen-bond acceptors (Lipinski definition) is 3. The summed E-state index contributed by atoms with van der Waals surface area (Å²) in [4.78, 5) is 3.20. The van der Waals surface area contributed by atoms with E-state index in [0.717, 1.165) is 6.42 Å². The number of nitrogens with one attached hydrogen (secondary N) is 1. The largest absolute Gasteiger partial charge is 0.302 e. The maximum Gasteiger partial charge on any atom is 0.0531 e. The van der Waals surface area contributed by atoms with Crippen molar-refractivity contribution in [2.45, 2.75) is 13.3 Å². The van der Waals surface area contributed by atoms with E-state index < -0.39 is 0 Å². The predicted octanol–water partition coefficient (Wildman–Crippen LogP) is 3.62. The Morgan fingerprint density at radius 2 is 1.82 bits per heavy atom. The zero-order valence-electron chi connectivity index (χ0n) is 10.5. The van der Waals surface area contributed by atoms with Gasteiger partial charge in [0.05, 0.1) is 5.69 Å². The molecule has 1 N–H and O–H groups in total. The molecule has 2 aromatic carbocycles. The first-order valence-corrected chi connectivity index (χ1v) is 7.02. The van der Waals surface area contributed by atoms with Crippen LogP contribution in [0.3, 0.4) is 0 Å². The number of hydrazine groups is 1. The number of anilines is 1. The molecule has 0 aromatic heterocycles. The molecule has 0 fully saturated rings. The van der Waals surface area contributed by atoms with Crippen LogP contribution >= 0.6 is 11.9 Å². The van der Waals surface area contributed by atoms with Crippen molar-refractivity contribution in [1.82, 2.24) is 4.83 Å². The molecule has 90 valence electrons. The monoisotopic (exact) mass is 246 g/mol. The molecule has 0 heterocycles. The summed E-state index contributed by atoms with van der Waals surface area (Å²) in [6.45, 7) is 2.19. The molecule has 0 aliphatic carbocycles. The van der Waals surface area contributed by atoms with E-state index in [1.54, 1.807) is 11.9 Å². The summed E-state index contributed by atoms with van der Waals surface area (Å²) in [6.07, 6.45) is 3.11. The minimum atomic E-state index is 1.09. The maximum absolute atomic E-state index is 3.20. The Labute approximate surface area is 107 Å². The van der Waals surface area contributed by atoms with E-state index in [0.29, 0.717) is 0 Å². The lowest BCUT2D eigenvalue weighted by atomic mass is 10.1. The lowest BCUT2D eigenvalue weighted by Gasteiger charge is -2.19. The number of rotatable bonds is 4. The van der Waals surface area contributed by atoms with Crippen molar-refractivity contribution in [3.8, 4) is 0 Å². The van der Waals surface area contributed by atoms with Crippen molar-refractivity contribution in [1.29, 1.82) is 0 Å². The van der Waals surface area contributed by atoms with Gasteiger partial charge in [-0.1, -0.05) is 43.1 Å². The van der Waals surface area contributed by atoms with Crippen LogP contribution < -0.4 is 9.84 Å². The Hall–Kier alpha value is -1.19. The van der Waals surface area contributed by atoms with Crippen LogP contribution in [0.5, 0.6) is 0 Å². The first-order chi connectivity index (χ1) is 8.24. The summed E-state index contributed by atoms with van der Waals surface area (Å²) in [5.41, 5.74) is 2.57. The molecule has 0 atom stereocenters. The first kappa shape index (κ1) is 12.3. The van der Waals surface area contributed by atoms with Crippen LogP contribution in [0.2, 0.25) is 0 Å². The number of aryl methyl sites for hydroxylation is 1. The fourth-order valence-electron chi connectivity index (χ4n) is 1.90. The highest BCUT2D eigenvalue weighted by Gasteiger charge is 2.01. The van der Waals surface area contributed by atoms with E-state index in [9.17, 15) is 0 Å². The Morgan fingerprint density at radius 3 is 2.53 bits per heavy atom. The summed E-state index contributed by atoms with van der Waals surface area (Å²) in [5, 5.41) is 4.62. The van der Waals surface area contributed by atoms with Crippen LogP contribution in [-0.4, -0.2) is 13.3 Å². The lowest BCUT2D eigenvalue weighted by molar-refractivity contribution is 0.937. The molecular formula is C14H18N2S. The average Bonchev–Trinajstić information content (AvgIpc) is 2.37. The molecule has 2 aromatic rings. The summed E-state index contributed by atoms with van der Waals surface area (Å²) in [5.74, 6) is 0. The van der Waals surface area contributed by atoms with Crippen molar-refractivity contribution in [3.63, 3.8) is 0 Å². The van der Waals surface area contributed by atoms with Crippen LogP contribution in [0.25, 0.3) is 10.8 Å². The van der Waals surface area contributed by atoms with Crippen molar-refractivity contribution < 1.29 is 0 Å². The van der Waals surface area contributed by atoms with Gasteiger partial charge in [-0.2, -0.15) is 4.83 Å². The number of hydrogen-bond donors (Lipinski definition) is 1. The Kier molecular flexibility index (Phi) is 3.92. The third-order valence-corrected chi connectivity index (χ3v) is 3.37. The van der Waals surface area contributed by atoms with Gasteiger partial charge in [0.15, 0.2) is 0 Å². The highest BCUT2D eigenvalue weighted by molar-refractivity contribution is 7.96. The van der Waals surface area contributed by atoms with Gasteiger partial charge >= 0.3 is 0 Å². The highest BCUT2D eigenvalue weighted by Crippen LogP contribution is 2.22. The molecule has 2 nitrogen and oxygen atoms in total. The number of benzene rings is 2. The van der Waals surface area contributed by atoms with E-state index in [1.807, 2.05) is 18.3 Å². The van der Waals surface area contributed by atoms with Crippen LogP contribution in [0.4, 0.5) is 5.69 Å². The molecule has 0 aliphatic heterocycles. The molecular weight excluding hydrogens is 228 g/mol. The minimum Gasteiger partial charge on any atom is -0.302 e. The zero-order chi connectivity index (χ0) is 12.3. The number of nitrogens with zero attached hydrogens (tertiary/aromatic N) is 1. The Balaban J connectivity index is 2.37. The average molecular weight is 246 g/mol. The van der Waals surface area contributed by atoms with Crippen molar-refractivity contribution in [3.05, 3.63) is 42.0 Å². The summed E-state index contributed by atoms with van der Waals surface area (Å²) in [6, 6.07) is 13.2. The van der Waals surface area contributed by atoms with E-state index in [4.69, 9.17) is 0 Å². The van der Waals surface area contributed by atoms with Crippen LogP contribution in [0.1, 0.15) is 12.5 Å². The fourth-order valence-corrected chi connectivity index (χ4v) is 2.28. The Bertz CT molecular complexity index is 511. The van der Waals surface area contributed by atoms with Gasteiger partial charge < -0.3 is 5.01 Å². The lowest BCUT2D eigenvalue weighted by Crippen LogP contribution is -2.27. The van der Waals surface area contributed by atoms with Gasteiger partial charge in [-0.25, -0.2) is 0 Å². The molecule has 3 heteroatoms. The van der Waals surface area contributed by atoms with Gasteiger partial charge in [-0.05, 0) is 41.1 Å². The van der Waals surface area contributed by atoms with E-state index in [1.165, 1.54) is 22.0 Å². The fraction of sp³-hybridized carbons (Fsp3) is 0.286. The van der Waals surface area contributed by atoms with Crippen molar-refractivity contribution in [2.24, 2.45) is 0 Å². The molecule has 0 unspecified atom stereocenters. The third-order valence-electron chi connectivity index (χ3n) is 2.91. The topological polar surface area (TPSA) is 15.3 Å². The standard InChI is InChI=1S/C14H18N2S/c1-4-11-5-6-13-10-14(16(2)15-17-3)8-7-12(13)9-11/h5-10,15H,4H2,1-3H3. The smallest absolute Gasteiger partial charge is 0.0531 e. The molecule has 17 heavy (non-hydrogen) atoms. The molecule has 0 saturated carbocycles. The van der Waals surface area contributed by atoms with Crippen LogP contribution in [0.15, 0.2) is 36.4 Å². The zero-order valence-corrected chi connectivity index (χ0v) is 11.3. The second kappa shape index (κ2) is 5.43. The Morgan fingerprint density at radius 1 is 1.12 bits per heavy atom. The van der Waals surface area contributed by atoms with E-state index >= 15 is 0 Å². The maximum atomic E-state index is 3.20. The second-order valence-corrected chi connectivity index (χ2v) is 4.66. The SMILES string of the molecule is CCc1ccc2cc(N(C)NSC)ccc2c1. The molecule has 0 amide bonds. The van der Waals surface area contributed by atoms with Gasteiger partial charge in [0, 0.05) is 7.05 Å². The summed E-state index contributed by atoms with van der Waals surface area (Å²) >= 11 is 1.59. The normalized spacial score (nSPS) is 10.8.